The van der Waals surface area contributed by atoms with Gasteiger partial charge in [-0.05, 0) is 132 Å². The number of amidine groups is 1. The molecule has 0 radical (unpaired) electrons. The topological polar surface area (TPSA) is 133 Å². The largest absolute Gasteiger partial charge is 0.382 e. The fourth-order valence-electron chi connectivity index (χ4n) is 11.0. The molecule has 12 heteroatoms. The summed E-state index contributed by atoms with van der Waals surface area (Å²) in [6.45, 7) is 0. The fraction of sp³-hybridized carbons (Fsp3) is 0.0968. The highest BCUT2D eigenvalue weighted by Crippen LogP contribution is 2.39. The Kier molecular flexibility index (Phi) is 11.0. The van der Waals surface area contributed by atoms with E-state index in [-0.39, 0.29) is 36.9 Å². The lowest BCUT2D eigenvalue weighted by atomic mass is 10.0. The lowest BCUT2D eigenvalue weighted by molar-refractivity contribution is 0.182. The predicted octanol–water partition coefficient (Wildman–Crippen LogP) is 10.9. The monoisotopic (exact) mass is 962 g/mol. The second-order valence-electron chi connectivity index (χ2n) is 19.0. The number of aliphatic imine (C=N–C) groups is 1. The van der Waals surface area contributed by atoms with E-state index in [1.165, 1.54) is 38.2 Å². The summed E-state index contributed by atoms with van der Waals surface area (Å²) in [6, 6.07) is 66.9. The van der Waals surface area contributed by atoms with Crippen molar-refractivity contribution < 1.29 is 0 Å². The van der Waals surface area contributed by atoms with Crippen molar-refractivity contribution in [2.75, 3.05) is 0 Å². The Morgan fingerprint density at radius 3 is 1.55 bits per heavy atom. The second-order valence-corrected chi connectivity index (χ2v) is 19.0. The summed E-state index contributed by atoms with van der Waals surface area (Å²) in [4.78, 5) is 18.9. The molecule has 11 aromatic rings. The zero-order chi connectivity index (χ0) is 49.0. The molecule has 6 unspecified atom stereocenters. The van der Waals surface area contributed by atoms with Gasteiger partial charge in [0.1, 0.15) is 24.2 Å². The van der Waals surface area contributed by atoms with Gasteiger partial charge in [0.15, 0.2) is 5.84 Å². The third kappa shape index (κ3) is 7.90. The summed E-state index contributed by atoms with van der Waals surface area (Å²) in [7, 11) is 0. The van der Waals surface area contributed by atoms with Gasteiger partial charge in [0.2, 0.25) is 0 Å². The first-order valence-electron chi connectivity index (χ1n) is 25.2. The zero-order valence-corrected chi connectivity index (χ0v) is 40.1. The fourth-order valence-corrected chi connectivity index (χ4v) is 11.0. The highest BCUT2D eigenvalue weighted by atomic mass is 15.4. The number of hydrogen-bond acceptors (Lipinski definition) is 10. The third-order valence-corrected chi connectivity index (χ3v) is 14.6. The van der Waals surface area contributed by atoms with Gasteiger partial charge in [0, 0.05) is 51.5 Å². The normalized spacial score (nSPS) is 20.7. The van der Waals surface area contributed by atoms with Crippen LogP contribution in [-0.4, -0.2) is 42.1 Å². The minimum atomic E-state index is -0.343. The molecule has 14 rings (SSSR count). The molecule has 12 nitrogen and oxygen atoms in total. The number of benzene rings is 6. The number of nitrogens with zero attached hydrogens (tertiary/aromatic N) is 6. The van der Waals surface area contributed by atoms with E-state index in [1.54, 1.807) is 12.4 Å². The molecule has 6 N–H and O–H groups in total. The Morgan fingerprint density at radius 2 is 0.973 bits per heavy atom. The summed E-state index contributed by atoms with van der Waals surface area (Å²) in [5.41, 5.74) is 13.9. The van der Waals surface area contributed by atoms with Crippen molar-refractivity contribution >= 4 is 49.4 Å². The van der Waals surface area contributed by atoms with E-state index in [1.807, 2.05) is 67.0 Å². The van der Waals surface area contributed by atoms with Crippen LogP contribution in [0.4, 0.5) is 0 Å². The summed E-state index contributed by atoms with van der Waals surface area (Å²) in [5.74, 6) is 0.722. The summed E-state index contributed by atoms with van der Waals surface area (Å²) < 4.78 is 4.76. The van der Waals surface area contributed by atoms with Crippen LogP contribution in [-0.2, 0) is 0 Å². The molecule has 358 valence electrons. The van der Waals surface area contributed by atoms with E-state index in [2.05, 4.69) is 203 Å². The van der Waals surface area contributed by atoms with Crippen LogP contribution in [0.1, 0.15) is 52.9 Å². The van der Waals surface area contributed by atoms with Crippen molar-refractivity contribution in [1.82, 2.24) is 56.0 Å². The smallest absolute Gasteiger partial charge is 0.150 e. The maximum atomic E-state index is 4.99. The third-order valence-electron chi connectivity index (χ3n) is 14.6. The van der Waals surface area contributed by atoms with Crippen LogP contribution in [0.5, 0.6) is 0 Å². The van der Waals surface area contributed by atoms with Crippen molar-refractivity contribution in [3.8, 4) is 22.5 Å². The highest BCUT2D eigenvalue weighted by molar-refractivity contribution is 6.12. The quantitative estimate of drug-likeness (QED) is 0.0837. The van der Waals surface area contributed by atoms with Gasteiger partial charge in [0.05, 0.1) is 51.8 Å². The van der Waals surface area contributed by atoms with Crippen molar-refractivity contribution in [2.45, 2.75) is 36.9 Å². The first-order valence-corrected chi connectivity index (χ1v) is 25.2. The average molecular weight is 963 g/mol. The van der Waals surface area contributed by atoms with Gasteiger partial charge in [0.25, 0.3) is 0 Å². The first kappa shape index (κ1) is 43.7. The SMILES string of the molecule is C1=CNC(C2NC(c3ccc(-n4c5ccccc5c5cc(-c6ccc7c(c6)c6ccccc6n7-c6ccc(C7NC(c8ccccn8)=NC(c8ccccn8)N7)cc6)ccc54)cc3)NC(c3ccccn3)N2)C=C1. The Balaban J connectivity index is 0.773. The molecule has 8 heterocycles. The van der Waals surface area contributed by atoms with Crippen LogP contribution in [0.2, 0.25) is 0 Å². The minimum Gasteiger partial charge on any atom is -0.382 e. The highest BCUT2D eigenvalue weighted by Gasteiger charge is 2.33. The van der Waals surface area contributed by atoms with Gasteiger partial charge in [-0.2, -0.15) is 0 Å². The lowest BCUT2D eigenvalue weighted by Gasteiger charge is -2.41. The molecular weight excluding hydrogens is 913 g/mol. The van der Waals surface area contributed by atoms with Gasteiger partial charge in [-0.1, -0.05) is 103 Å². The van der Waals surface area contributed by atoms with Crippen molar-refractivity contribution in [3.63, 3.8) is 0 Å². The van der Waals surface area contributed by atoms with Crippen LogP contribution in [0.25, 0.3) is 66.1 Å². The van der Waals surface area contributed by atoms with Gasteiger partial charge in [-0.3, -0.25) is 36.2 Å². The van der Waals surface area contributed by atoms with E-state index in [9.17, 15) is 0 Å². The van der Waals surface area contributed by atoms with Gasteiger partial charge in [-0.15, -0.1) is 0 Å². The molecule has 0 saturated carbocycles. The van der Waals surface area contributed by atoms with Crippen molar-refractivity contribution in [1.29, 1.82) is 0 Å². The second kappa shape index (κ2) is 18.5. The Bertz CT molecular complexity index is 3940. The van der Waals surface area contributed by atoms with Crippen molar-refractivity contribution in [3.05, 3.63) is 259 Å². The number of allylic oxidation sites excluding steroid dienone is 2. The molecule has 0 amide bonds. The average Bonchev–Trinajstić information content (AvgIpc) is 4.02. The standard InChI is InChI=1S/C62H50N12/c1-3-19-53-45(13-1)47-37-41(25-31-55(47)73(53)43-27-21-39(22-28-43)57-67-59(49-15-5-9-33-63-49)71-60(68-57)50-16-6-10-34-64-50)42-26-32-56-48(38-42)46-14-2-4-20-54(46)74(56)44-29-23-40(24-30-44)58-69-61(51-17-7-11-35-65-51)72-62(70-58)52-18-8-12-36-66-52/h1-38,49,57-61,63,67-69,71H,(H,70,72). The molecule has 0 aliphatic carbocycles. The molecule has 74 heavy (non-hydrogen) atoms. The molecule has 3 aliphatic heterocycles. The van der Waals surface area contributed by atoms with E-state index in [4.69, 9.17) is 9.98 Å². The number of aromatic nitrogens is 5. The van der Waals surface area contributed by atoms with E-state index in [0.717, 1.165) is 62.0 Å². The van der Waals surface area contributed by atoms with Crippen LogP contribution >= 0.6 is 0 Å². The number of para-hydroxylation sites is 2. The summed E-state index contributed by atoms with van der Waals surface area (Å²) in [6.07, 6.45) is 12.9. The minimum absolute atomic E-state index is 0.0444. The molecule has 0 spiro atoms. The van der Waals surface area contributed by atoms with Crippen molar-refractivity contribution in [2.24, 2.45) is 4.99 Å². The van der Waals surface area contributed by atoms with Gasteiger partial charge in [-0.25, -0.2) is 4.99 Å². The number of pyridine rings is 3. The Morgan fingerprint density at radius 1 is 0.419 bits per heavy atom. The van der Waals surface area contributed by atoms with Crippen LogP contribution in [0.3, 0.4) is 0 Å². The molecular formula is C62H50N12. The number of rotatable bonds is 9. The summed E-state index contributed by atoms with van der Waals surface area (Å²) in [5, 5.41) is 26.9. The number of hydrogen-bond donors (Lipinski definition) is 6. The van der Waals surface area contributed by atoms with Crippen LogP contribution in [0.15, 0.2) is 236 Å². The maximum Gasteiger partial charge on any atom is 0.150 e. The van der Waals surface area contributed by atoms with Crippen LogP contribution < -0.4 is 31.9 Å². The van der Waals surface area contributed by atoms with Crippen LogP contribution in [0, 0.1) is 0 Å². The molecule has 6 aromatic carbocycles. The van der Waals surface area contributed by atoms with Gasteiger partial charge >= 0.3 is 0 Å². The Hall–Kier alpha value is -9.04. The molecule has 6 atom stereocenters. The summed E-state index contributed by atoms with van der Waals surface area (Å²) >= 11 is 0. The molecule has 0 bridgehead atoms. The number of fused-ring (bicyclic) bond motifs is 6. The number of nitrogens with one attached hydrogen (secondary N) is 6. The van der Waals surface area contributed by atoms with Gasteiger partial charge < -0.3 is 19.8 Å². The maximum absolute atomic E-state index is 4.99. The molecule has 5 aromatic heterocycles. The van der Waals surface area contributed by atoms with E-state index in [0.29, 0.717) is 0 Å². The predicted molar refractivity (Wildman–Crippen MR) is 295 cm³/mol. The van der Waals surface area contributed by atoms with E-state index < -0.39 is 0 Å². The molecule has 1 fully saturated rings. The first-order chi connectivity index (χ1) is 36.7. The molecule has 1 saturated heterocycles. The van der Waals surface area contributed by atoms with E-state index >= 15 is 0 Å². The Labute approximate surface area is 427 Å². The zero-order valence-electron chi connectivity index (χ0n) is 40.1. The molecule has 3 aliphatic rings. The number of dihydropyridines is 1. The lowest BCUT2D eigenvalue weighted by Crippen LogP contribution is -2.65.